The zero-order valence-electron chi connectivity index (χ0n) is 12.2. The van der Waals surface area contributed by atoms with E-state index in [0.29, 0.717) is 6.61 Å². The fourth-order valence-corrected chi connectivity index (χ4v) is 2.66. The molecule has 1 saturated carbocycles. The molecule has 0 saturated heterocycles. The molecular weight excluding hydrogens is 330 g/mol. The number of aryl methyl sites for hydroxylation is 1. The van der Waals surface area contributed by atoms with Gasteiger partial charge in [0.25, 0.3) is 0 Å². The lowest BCUT2D eigenvalue weighted by atomic mass is 10.1. The minimum Gasteiger partial charge on any atom is -0.486 e. The summed E-state index contributed by atoms with van der Waals surface area (Å²) in [5.41, 5.74) is 2.45. The molecule has 1 aromatic carbocycles. The van der Waals surface area contributed by atoms with Crippen LogP contribution in [0, 0.1) is 0 Å². The van der Waals surface area contributed by atoms with Crippen molar-refractivity contribution >= 4 is 15.9 Å². The normalized spacial score (nSPS) is 14.4. The molecule has 4 nitrogen and oxygen atoms in total. The van der Waals surface area contributed by atoms with Crippen LogP contribution in [-0.4, -0.2) is 15.8 Å². The van der Waals surface area contributed by atoms with Crippen molar-refractivity contribution in [1.29, 1.82) is 0 Å². The van der Waals surface area contributed by atoms with Crippen molar-refractivity contribution in [2.24, 2.45) is 0 Å². The zero-order chi connectivity index (χ0) is 14.7. The number of nitrogens with zero attached hydrogens (tertiary/aromatic N) is 2. The fraction of sp³-hybridized carbons (Fsp3) is 0.438. The number of benzene rings is 1. The van der Waals surface area contributed by atoms with Gasteiger partial charge in [0.15, 0.2) is 5.75 Å². The second-order valence-electron chi connectivity index (χ2n) is 5.40. The van der Waals surface area contributed by atoms with Gasteiger partial charge in [-0.3, -0.25) is 4.68 Å². The number of aromatic nitrogens is 2. The highest BCUT2D eigenvalue weighted by atomic mass is 79.9. The maximum Gasteiger partial charge on any atom is 0.157 e. The van der Waals surface area contributed by atoms with Crippen molar-refractivity contribution in [3.8, 4) is 5.75 Å². The number of ether oxygens (including phenoxy) is 1. The average molecular weight is 350 g/mol. The Kier molecular flexibility index (Phi) is 4.60. The Balaban J connectivity index is 1.56. The fourth-order valence-electron chi connectivity index (χ4n) is 2.12. The van der Waals surface area contributed by atoms with Crippen molar-refractivity contribution in [3.63, 3.8) is 0 Å². The minimum absolute atomic E-state index is 0.548. The van der Waals surface area contributed by atoms with E-state index in [2.05, 4.69) is 51.5 Å². The van der Waals surface area contributed by atoms with Crippen LogP contribution in [0.2, 0.25) is 0 Å². The van der Waals surface area contributed by atoms with Crippen molar-refractivity contribution in [2.45, 2.75) is 45.5 Å². The van der Waals surface area contributed by atoms with Gasteiger partial charge in [-0.05, 0) is 31.4 Å². The highest BCUT2D eigenvalue weighted by molar-refractivity contribution is 9.10. The van der Waals surface area contributed by atoms with Crippen LogP contribution in [0.3, 0.4) is 0 Å². The van der Waals surface area contributed by atoms with Crippen LogP contribution in [0.4, 0.5) is 0 Å². The van der Waals surface area contributed by atoms with E-state index in [1.807, 2.05) is 10.9 Å². The molecule has 3 rings (SSSR count). The molecule has 21 heavy (non-hydrogen) atoms. The molecular formula is C16H20BrN3O. The molecule has 1 aromatic heterocycles. The maximum absolute atomic E-state index is 5.77. The largest absolute Gasteiger partial charge is 0.486 e. The SMILES string of the molecule is CCn1cc(OCc2ccc(CNC3CC3)cc2Br)cn1. The molecule has 1 heterocycles. The molecule has 1 aliphatic rings. The molecule has 0 radical (unpaired) electrons. The first-order valence-corrected chi connectivity index (χ1v) is 8.20. The van der Waals surface area contributed by atoms with E-state index in [1.165, 1.54) is 18.4 Å². The molecule has 1 N–H and O–H groups in total. The first kappa shape index (κ1) is 14.6. The lowest BCUT2D eigenvalue weighted by molar-refractivity contribution is 0.305. The topological polar surface area (TPSA) is 39.1 Å². The Morgan fingerprint density at radius 1 is 1.43 bits per heavy atom. The molecule has 1 aliphatic carbocycles. The van der Waals surface area contributed by atoms with Crippen LogP contribution in [-0.2, 0) is 19.7 Å². The van der Waals surface area contributed by atoms with E-state index in [0.717, 1.165) is 34.9 Å². The number of hydrogen-bond acceptors (Lipinski definition) is 3. The van der Waals surface area contributed by atoms with E-state index >= 15 is 0 Å². The predicted molar refractivity (Wildman–Crippen MR) is 86.2 cm³/mol. The van der Waals surface area contributed by atoms with Crippen LogP contribution < -0.4 is 10.1 Å². The van der Waals surface area contributed by atoms with Gasteiger partial charge in [0, 0.05) is 29.2 Å². The van der Waals surface area contributed by atoms with Gasteiger partial charge in [0.2, 0.25) is 0 Å². The van der Waals surface area contributed by atoms with Gasteiger partial charge in [-0.25, -0.2) is 0 Å². The third-order valence-electron chi connectivity index (χ3n) is 3.62. The zero-order valence-corrected chi connectivity index (χ0v) is 13.8. The Labute approximate surface area is 133 Å². The molecule has 0 bridgehead atoms. The second kappa shape index (κ2) is 6.62. The standard InChI is InChI=1S/C16H20BrN3O/c1-2-20-10-15(9-19-20)21-11-13-4-3-12(7-16(13)17)8-18-14-5-6-14/h3-4,7,9-10,14,18H,2,5-6,8,11H2,1H3. The van der Waals surface area contributed by atoms with E-state index in [-0.39, 0.29) is 0 Å². The third kappa shape index (κ3) is 4.08. The average Bonchev–Trinajstić information content (AvgIpc) is 3.21. The van der Waals surface area contributed by atoms with Crippen molar-refractivity contribution in [1.82, 2.24) is 15.1 Å². The number of nitrogens with one attached hydrogen (secondary N) is 1. The van der Waals surface area contributed by atoms with Crippen molar-refractivity contribution in [3.05, 3.63) is 46.2 Å². The Morgan fingerprint density at radius 2 is 2.29 bits per heavy atom. The summed E-state index contributed by atoms with van der Waals surface area (Å²) in [7, 11) is 0. The van der Waals surface area contributed by atoms with Crippen molar-refractivity contribution < 1.29 is 4.74 Å². The van der Waals surface area contributed by atoms with E-state index < -0.39 is 0 Å². The Morgan fingerprint density at radius 3 is 2.95 bits per heavy atom. The summed E-state index contributed by atoms with van der Waals surface area (Å²) >= 11 is 3.63. The molecule has 0 spiro atoms. The van der Waals surface area contributed by atoms with Crippen LogP contribution in [0.25, 0.3) is 0 Å². The van der Waals surface area contributed by atoms with Gasteiger partial charge in [0.05, 0.1) is 12.4 Å². The van der Waals surface area contributed by atoms with Gasteiger partial charge in [-0.15, -0.1) is 0 Å². The van der Waals surface area contributed by atoms with Crippen LogP contribution in [0.15, 0.2) is 35.1 Å². The van der Waals surface area contributed by atoms with Gasteiger partial charge in [-0.2, -0.15) is 5.10 Å². The highest BCUT2D eigenvalue weighted by Gasteiger charge is 2.19. The number of hydrogen-bond donors (Lipinski definition) is 1. The van der Waals surface area contributed by atoms with Crippen molar-refractivity contribution in [2.75, 3.05) is 0 Å². The van der Waals surface area contributed by atoms with Crippen LogP contribution in [0.1, 0.15) is 30.9 Å². The van der Waals surface area contributed by atoms with E-state index in [4.69, 9.17) is 4.74 Å². The Bertz CT molecular complexity index is 607. The van der Waals surface area contributed by atoms with Gasteiger partial charge >= 0.3 is 0 Å². The lowest BCUT2D eigenvalue weighted by Gasteiger charge is -2.09. The molecule has 0 unspecified atom stereocenters. The summed E-state index contributed by atoms with van der Waals surface area (Å²) in [4.78, 5) is 0. The summed E-state index contributed by atoms with van der Waals surface area (Å²) in [6.45, 7) is 4.40. The van der Waals surface area contributed by atoms with Crippen LogP contribution >= 0.6 is 15.9 Å². The summed E-state index contributed by atoms with van der Waals surface area (Å²) in [5, 5.41) is 7.73. The Hall–Kier alpha value is -1.33. The molecule has 2 aromatic rings. The smallest absolute Gasteiger partial charge is 0.157 e. The second-order valence-corrected chi connectivity index (χ2v) is 6.26. The summed E-state index contributed by atoms with van der Waals surface area (Å²) in [6, 6.07) is 7.19. The quantitative estimate of drug-likeness (QED) is 0.831. The first-order valence-electron chi connectivity index (χ1n) is 7.40. The molecule has 0 atom stereocenters. The lowest BCUT2D eigenvalue weighted by Crippen LogP contribution is -2.15. The van der Waals surface area contributed by atoms with Gasteiger partial charge in [-0.1, -0.05) is 28.1 Å². The molecule has 5 heteroatoms. The molecule has 0 amide bonds. The number of rotatable bonds is 7. The summed E-state index contributed by atoms with van der Waals surface area (Å²) in [6.07, 6.45) is 6.31. The van der Waals surface area contributed by atoms with Gasteiger partial charge in [0.1, 0.15) is 6.61 Å². The van der Waals surface area contributed by atoms with E-state index in [9.17, 15) is 0 Å². The summed E-state index contributed by atoms with van der Waals surface area (Å²) in [5.74, 6) is 0.809. The predicted octanol–water partition coefficient (Wildman–Crippen LogP) is 3.50. The van der Waals surface area contributed by atoms with Gasteiger partial charge < -0.3 is 10.1 Å². The first-order chi connectivity index (χ1) is 10.2. The molecule has 112 valence electrons. The molecule has 0 aliphatic heterocycles. The maximum atomic E-state index is 5.77. The van der Waals surface area contributed by atoms with Crippen LogP contribution in [0.5, 0.6) is 5.75 Å². The van der Waals surface area contributed by atoms with E-state index in [1.54, 1.807) is 6.20 Å². The number of halogens is 1. The minimum atomic E-state index is 0.548. The third-order valence-corrected chi connectivity index (χ3v) is 4.36. The highest BCUT2D eigenvalue weighted by Crippen LogP contribution is 2.23. The monoisotopic (exact) mass is 349 g/mol. The summed E-state index contributed by atoms with van der Waals surface area (Å²) < 4.78 is 8.73. The molecule has 1 fully saturated rings.